The second kappa shape index (κ2) is 8.17. The first-order chi connectivity index (χ1) is 11.1. The van der Waals surface area contributed by atoms with Crippen LogP contribution in [0, 0.1) is 11.6 Å². The highest BCUT2D eigenvalue weighted by atomic mass is 19.2. The predicted molar refractivity (Wildman–Crippen MR) is 83.5 cm³/mol. The molecule has 0 unspecified atom stereocenters. The summed E-state index contributed by atoms with van der Waals surface area (Å²) >= 11 is 0. The molecule has 7 heteroatoms. The molecule has 0 aliphatic rings. The van der Waals surface area contributed by atoms with Crippen LogP contribution in [0.15, 0.2) is 30.6 Å². The van der Waals surface area contributed by atoms with Crippen molar-refractivity contribution in [2.75, 3.05) is 11.9 Å². The monoisotopic (exact) mass is 320 g/mol. The maximum absolute atomic E-state index is 13.1. The summed E-state index contributed by atoms with van der Waals surface area (Å²) in [5.41, 5.74) is 0.548. The second-order valence-corrected chi connectivity index (χ2v) is 5.00. The third kappa shape index (κ3) is 4.98. The van der Waals surface area contributed by atoms with Crippen LogP contribution in [0.4, 0.5) is 20.3 Å². The Bertz CT molecular complexity index is 662. The van der Waals surface area contributed by atoms with Crippen LogP contribution >= 0.6 is 0 Å². The molecule has 1 heterocycles. The van der Waals surface area contributed by atoms with Gasteiger partial charge in [0, 0.05) is 18.3 Å². The van der Waals surface area contributed by atoms with E-state index in [1.807, 2.05) is 0 Å². The number of nitrogens with one attached hydrogen (secondary N) is 2. The van der Waals surface area contributed by atoms with Gasteiger partial charge < -0.3 is 10.6 Å². The van der Waals surface area contributed by atoms with Crippen LogP contribution < -0.4 is 10.6 Å². The van der Waals surface area contributed by atoms with Crippen molar-refractivity contribution in [2.45, 2.75) is 26.2 Å². The Balaban J connectivity index is 1.93. The average molecular weight is 320 g/mol. The number of hydrogen-bond donors (Lipinski definition) is 2. The Kier molecular flexibility index (Phi) is 5.96. The molecule has 2 N–H and O–H groups in total. The van der Waals surface area contributed by atoms with Crippen LogP contribution in [-0.2, 0) is 0 Å². The number of halogens is 2. The number of nitrogens with zero attached hydrogens (tertiary/aromatic N) is 2. The number of hydrogen-bond acceptors (Lipinski definition) is 4. The molecule has 1 aromatic heterocycles. The normalized spacial score (nSPS) is 10.4. The summed E-state index contributed by atoms with van der Waals surface area (Å²) in [5, 5.41) is 5.55. The Hall–Kier alpha value is -2.57. The fourth-order valence-electron chi connectivity index (χ4n) is 1.90. The minimum Gasteiger partial charge on any atom is -0.351 e. The van der Waals surface area contributed by atoms with E-state index >= 15 is 0 Å². The fraction of sp³-hybridized carbons (Fsp3) is 0.312. The van der Waals surface area contributed by atoms with E-state index in [0.29, 0.717) is 18.1 Å². The van der Waals surface area contributed by atoms with Gasteiger partial charge in [-0.3, -0.25) is 4.79 Å². The number of benzene rings is 1. The first-order valence-electron chi connectivity index (χ1n) is 7.42. The largest absolute Gasteiger partial charge is 0.351 e. The van der Waals surface area contributed by atoms with Crippen molar-refractivity contribution in [1.82, 2.24) is 15.3 Å². The van der Waals surface area contributed by atoms with Crippen molar-refractivity contribution < 1.29 is 13.6 Å². The minimum atomic E-state index is -0.953. The fourth-order valence-corrected chi connectivity index (χ4v) is 1.90. The third-order valence-electron chi connectivity index (χ3n) is 3.14. The van der Waals surface area contributed by atoms with Gasteiger partial charge in [0.05, 0.1) is 12.4 Å². The van der Waals surface area contributed by atoms with Crippen molar-refractivity contribution in [3.05, 3.63) is 47.9 Å². The van der Waals surface area contributed by atoms with E-state index in [2.05, 4.69) is 27.5 Å². The van der Waals surface area contributed by atoms with E-state index in [4.69, 9.17) is 0 Å². The number of carbonyl (C=O) groups is 1. The Morgan fingerprint density at radius 3 is 2.61 bits per heavy atom. The molecule has 0 saturated heterocycles. The van der Waals surface area contributed by atoms with Crippen molar-refractivity contribution in [3.63, 3.8) is 0 Å². The van der Waals surface area contributed by atoms with Gasteiger partial charge in [-0.05, 0) is 18.6 Å². The minimum absolute atomic E-state index is 0.206. The van der Waals surface area contributed by atoms with Gasteiger partial charge >= 0.3 is 0 Å². The summed E-state index contributed by atoms with van der Waals surface area (Å²) < 4.78 is 26.0. The summed E-state index contributed by atoms with van der Waals surface area (Å²) in [7, 11) is 0. The molecule has 0 bridgehead atoms. The van der Waals surface area contributed by atoms with Crippen molar-refractivity contribution in [3.8, 4) is 0 Å². The number of unbranched alkanes of at least 4 members (excludes halogenated alkanes) is 2. The molecule has 0 aliphatic carbocycles. The Morgan fingerprint density at radius 1 is 1.13 bits per heavy atom. The molecule has 2 aromatic rings. The van der Waals surface area contributed by atoms with Gasteiger partial charge in [-0.2, -0.15) is 0 Å². The van der Waals surface area contributed by atoms with Gasteiger partial charge in [-0.25, -0.2) is 18.7 Å². The molecule has 0 atom stereocenters. The highest BCUT2D eigenvalue weighted by Gasteiger charge is 2.08. The van der Waals surface area contributed by atoms with E-state index in [1.54, 1.807) is 0 Å². The Morgan fingerprint density at radius 2 is 1.96 bits per heavy atom. The van der Waals surface area contributed by atoms with E-state index in [1.165, 1.54) is 18.5 Å². The molecule has 23 heavy (non-hydrogen) atoms. The molecule has 5 nitrogen and oxygen atoms in total. The summed E-state index contributed by atoms with van der Waals surface area (Å²) in [6.07, 6.45) is 5.76. The quantitative estimate of drug-likeness (QED) is 0.767. The van der Waals surface area contributed by atoms with Gasteiger partial charge in [-0.1, -0.05) is 19.8 Å². The van der Waals surface area contributed by atoms with Crippen LogP contribution in [0.5, 0.6) is 0 Å². The second-order valence-electron chi connectivity index (χ2n) is 5.00. The van der Waals surface area contributed by atoms with Gasteiger partial charge in [0.2, 0.25) is 0 Å². The van der Waals surface area contributed by atoms with Gasteiger partial charge in [0.25, 0.3) is 5.91 Å². The zero-order chi connectivity index (χ0) is 16.7. The standard InChI is InChI=1S/C16H18F2N4O/c1-2-3-4-7-19-16(23)14-9-21-15(10-20-14)22-11-5-6-12(17)13(18)8-11/h5-6,8-10H,2-4,7H2,1H3,(H,19,23)(H,21,22). The average Bonchev–Trinajstić information content (AvgIpc) is 2.55. The molecular formula is C16H18F2N4O. The maximum atomic E-state index is 13.1. The number of rotatable bonds is 7. The molecule has 0 saturated carbocycles. The maximum Gasteiger partial charge on any atom is 0.271 e. The smallest absolute Gasteiger partial charge is 0.271 e. The van der Waals surface area contributed by atoms with Gasteiger partial charge in [0.15, 0.2) is 11.6 Å². The van der Waals surface area contributed by atoms with E-state index in [9.17, 15) is 13.6 Å². The summed E-state index contributed by atoms with van der Waals surface area (Å²) in [4.78, 5) is 19.9. The van der Waals surface area contributed by atoms with Crippen LogP contribution in [0.1, 0.15) is 36.7 Å². The highest BCUT2D eigenvalue weighted by molar-refractivity contribution is 5.92. The third-order valence-corrected chi connectivity index (χ3v) is 3.14. The zero-order valence-corrected chi connectivity index (χ0v) is 12.8. The lowest BCUT2D eigenvalue weighted by atomic mass is 10.2. The van der Waals surface area contributed by atoms with Crippen LogP contribution in [0.2, 0.25) is 0 Å². The van der Waals surface area contributed by atoms with Crippen LogP contribution in [0.25, 0.3) is 0 Å². The van der Waals surface area contributed by atoms with Gasteiger partial charge in [-0.15, -0.1) is 0 Å². The lowest BCUT2D eigenvalue weighted by Crippen LogP contribution is -2.25. The van der Waals surface area contributed by atoms with E-state index in [-0.39, 0.29) is 11.6 Å². The topological polar surface area (TPSA) is 66.9 Å². The number of aromatic nitrogens is 2. The van der Waals surface area contributed by atoms with Crippen molar-refractivity contribution in [2.24, 2.45) is 0 Å². The summed E-state index contributed by atoms with van der Waals surface area (Å²) in [6, 6.07) is 3.42. The SMILES string of the molecule is CCCCCNC(=O)c1cnc(Nc2ccc(F)c(F)c2)cn1. The lowest BCUT2D eigenvalue weighted by molar-refractivity contribution is 0.0947. The molecular weight excluding hydrogens is 302 g/mol. The molecule has 0 radical (unpaired) electrons. The molecule has 1 amide bonds. The first-order valence-corrected chi connectivity index (χ1v) is 7.42. The van der Waals surface area contributed by atoms with E-state index in [0.717, 1.165) is 31.4 Å². The van der Waals surface area contributed by atoms with Crippen LogP contribution in [0.3, 0.4) is 0 Å². The van der Waals surface area contributed by atoms with Gasteiger partial charge in [0.1, 0.15) is 11.5 Å². The first kappa shape index (κ1) is 16.8. The van der Waals surface area contributed by atoms with Crippen molar-refractivity contribution in [1.29, 1.82) is 0 Å². The zero-order valence-electron chi connectivity index (χ0n) is 12.8. The molecule has 0 spiro atoms. The Labute approximate surface area is 133 Å². The highest BCUT2D eigenvalue weighted by Crippen LogP contribution is 2.16. The summed E-state index contributed by atoms with van der Waals surface area (Å²) in [6.45, 7) is 2.69. The van der Waals surface area contributed by atoms with Crippen LogP contribution in [-0.4, -0.2) is 22.4 Å². The number of anilines is 2. The molecule has 0 fully saturated rings. The summed E-state index contributed by atoms with van der Waals surface area (Å²) in [5.74, 6) is -1.82. The predicted octanol–water partition coefficient (Wildman–Crippen LogP) is 3.42. The molecule has 1 aromatic carbocycles. The van der Waals surface area contributed by atoms with E-state index < -0.39 is 11.6 Å². The molecule has 2 rings (SSSR count). The lowest BCUT2D eigenvalue weighted by Gasteiger charge is -2.07. The number of carbonyl (C=O) groups excluding carboxylic acids is 1. The number of amides is 1. The van der Waals surface area contributed by atoms with Crippen molar-refractivity contribution >= 4 is 17.4 Å². The molecule has 0 aliphatic heterocycles. The molecule has 122 valence electrons.